The zero-order valence-electron chi connectivity index (χ0n) is 23.5. The predicted octanol–water partition coefficient (Wildman–Crippen LogP) is 5.68. The second-order valence-electron chi connectivity index (χ2n) is 11.4. The van der Waals surface area contributed by atoms with Gasteiger partial charge in [0, 0.05) is 49.8 Å². The van der Waals surface area contributed by atoms with Crippen LogP contribution in [-0.4, -0.2) is 66.7 Å². The van der Waals surface area contributed by atoms with Crippen LogP contribution in [0.1, 0.15) is 47.6 Å². The average Bonchev–Trinajstić information content (AvgIpc) is 3.43. The number of thiophene rings is 1. The summed E-state index contributed by atoms with van der Waals surface area (Å²) >= 11 is 1.85. The molecule has 0 spiro atoms. The third-order valence-electron chi connectivity index (χ3n) is 8.95. The first-order valence-electron chi connectivity index (χ1n) is 15.0. The van der Waals surface area contributed by atoms with E-state index < -0.39 is 0 Å². The van der Waals surface area contributed by atoms with E-state index in [2.05, 4.69) is 52.3 Å². The van der Waals surface area contributed by atoms with Crippen LogP contribution in [0.15, 0.2) is 60.9 Å². The first-order chi connectivity index (χ1) is 20.2. The van der Waals surface area contributed by atoms with Crippen molar-refractivity contribution in [3.05, 3.63) is 76.9 Å². The summed E-state index contributed by atoms with van der Waals surface area (Å²) in [4.78, 5) is 31.4. The van der Waals surface area contributed by atoms with Gasteiger partial charge in [0.1, 0.15) is 22.7 Å². The van der Waals surface area contributed by atoms with E-state index in [1.165, 1.54) is 33.5 Å². The number of fused-ring (bicyclic) bond motifs is 3. The highest BCUT2D eigenvalue weighted by Crippen LogP contribution is 2.43. The van der Waals surface area contributed by atoms with E-state index in [1.807, 2.05) is 28.4 Å². The van der Waals surface area contributed by atoms with Crippen molar-refractivity contribution in [3.63, 3.8) is 0 Å². The highest BCUT2D eigenvalue weighted by molar-refractivity contribution is 7.19. The van der Waals surface area contributed by atoms with Crippen molar-refractivity contribution in [2.45, 2.75) is 44.4 Å². The van der Waals surface area contributed by atoms with E-state index in [-0.39, 0.29) is 12.5 Å². The highest BCUT2D eigenvalue weighted by atomic mass is 32.1. The predicted molar refractivity (Wildman–Crippen MR) is 165 cm³/mol. The Kier molecular flexibility index (Phi) is 7.48. The largest absolute Gasteiger partial charge is 0.484 e. The van der Waals surface area contributed by atoms with E-state index in [9.17, 15) is 4.79 Å². The van der Waals surface area contributed by atoms with Crippen molar-refractivity contribution in [2.75, 3.05) is 55.7 Å². The molecule has 8 heteroatoms. The molecule has 0 saturated carbocycles. The lowest BCUT2D eigenvalue weighted by Crippen LogP contribution is -2.46. The molecule has 2 saturated heterocycles. The van der Waals surface area contributed by atoms with Crippen LogP contribution < -0.4 is 14.5 Å². The standard InChI is InChI=1S/C33H37N5O2S/c39-30(37-15-5-2-6-16-37)22-40-27-12-9-24(10-13-27)25-11-14-28-29(21-25)41-33-31(28)32(34-23-35-33)38-19-17-36(18-20-38)26-7-3-1-4-8-26/h1,3-4,7-10,12-13,23,25H,2,5-6,11,14-22H2. The normalized spacial score (nSPS) is 19.3. The summed E-state index contributed by atoms with van der Waals surface area (Å²) in [6.45, 7) is 5.77. The zero-order valence-corrected chi connectivity index (χ0v) is 24.3. The Morgan fingerprint density at radius 2 is 1.63 bits per heavy atom. The molecule has 212 valence electrons. The second kappa shape index (κ2) is 11.7. The number of carbonyl (C=O) groups is 1. The molecule has 4 heterocycles. The number of hydrogen-bond acceptors (Lipinski definition) is 7. The summed E-state index contributed by atoms with van der Waals surface area (Å²) < 4.78 is 5.85. The second-order valence-corrected chi connectivity index (χ2v) is 12.5. The molecule has 3 aliphatic rings. The van der Waals surface area contributed by atoms with Crippen molar-refractivity contribution in [2.24, 2.45) is 0 Å². The molecule has 1 unspecified atom stereocenters. The van der Waals surface area contributed by atoms with Gasteiger partial charge in [0.05, 0.1) is 5.39 Å². The first kappa shape index (κ1) is 26.3. The van der Waals surface area contributed by atoms with E-state index in [4.69, 9.17) is 14.7 Å². The molecule has 2 fully saturated rings. The number of amides is 1. The summed E-state index contributed by atoms with van der Waals surface area (Å²) in [5.74, 6) is 2.45. The maximum Gasteiger partial charge on any atom is 0.260 e. The minimum atomic E-state index is 0.0962. The smallest absolute Gasteiger partial charge is 0.260 e. The number of para-hydroxylation sites is 1. The number of anilines is 2. The molecule has 1 aliphatic carbocycles. The number of carbonyl (C=O) groups excluding carboxylic acids is 1. The van der Waals surface area contributed by atoms with E-state index >= 15 is 0 Å². The molecule has 41 heavy (non-hydrogen) atoms. The molecular weight excluding hydrogens is 530 g/mol. The molecule has 1 atom stereocenters. The molecule has 0 radical (unpaired) electrons. The van der Waals surface area contributed by atoms with Gasteiger partial charge in [0.15, 0.2) is 6.61 Å². The third-order valence-corrected chi connectivity index (χ3v) is 10.1. The van der Waals surface area contributed by atoms with Gasteiger partial charge in [0.25, 0.3) is 5.91 Å². The van der Waals surface area contributed by atoms with E-state index in [0.717, 1.165) is 87.8 Å². The van der Waals surface area contributed by atoms with Gasteiger partial charge in [-0.05, 0) is 79.8 Å². The van der Waals surface area contributed by atoms with Gasteiger partial charge in [-0.2, -0.15) is 0 Å². The van der Waals surface area contributed by atoms with Crippen LogP contribution in [0.3, 0.4) is 0 Å². The molecule has 2 aromatic heterocycles. The molecule has 7 nitrogen and oxygen atoms in total. The molecule has 0 N–H and O–H groups in total. The number of piperazine rings is 1. The van der Waals surface area contributed by atoms with E-state index in [1.54, 1.807) is 6.33 Å². The van der Waals surface area contributed by atoms with Crippen LogP contribution in [0.4, 0.5) is 11.5 Å². The van der Waals surface area contributed by atoms with Gasteiger partial charge in [-0.1, -0.05) is 30.3 Å². The number of rotatable bonds is 6. The Balaban J connectivity index is 1.01. The topological polar surface area (TPSA) is 61.8 Å². The Morgan fingerprint density at radius 1 is 0.878 bits per heavy atom. The van der Waals surface area contributed by atoms with Gasteiger partial charge >= 0.3 is 0 Å². The quantitative estimate of drug-likeness (QED) is 0.299. The van der Waals surface area contributed by atoms with Crippen LogP contribution in [0.25, 0.3) is 10.2 Å². The van der Waals surface area contributed by atoms with Crippen LogP contribution in [0.5, 0.6) is 5.75 Å². The number of aryl methyl sites for hydroxylation is 1. The molecule has 0 bridgehead atoms. The number of piperidine rings is 1. The Morgan fingerprint density at radius 3 is 2.41 bits per heavy atom. The van der Waals surface area contributed by atoms with Crippen molar-refractivity contribution in [3.8, 4) is 5.75 Å². The number of aromatic nitrogens is 2. The maximum atomic E-state index is 12.5. The molecule has 7 rings (SSSR count). The van der Waals surface area contributed by atoms with Crippen LogP contribution >= 0.6 is 11.3 Å². The number of likely N-dealkylation sites (tertiary alicyclic amines) is 1. The molecule has 2 aromatic carbocycles. The van der Waals surface area contributed by atoms with Gasteiger partial charge in [-0.3, -0.25) is 4.79 Å². The van der Waals surface area contributed by atoms with Gasteiger partial charge < -0.3 is 19.4 Å². The number of ether oxygens (including phenoxy) is 1. The third kappa shape index (κ3) is 5.49. The monoisotopic (exact) mass is 567 g/mol. The van der Waals surface area contributed by atoms with Crippen molar-refractivity contribution in [1.29, 1.82) is 0 Å². The van der Waals surface area contributed by atoms with Crippen molar-refractivity contribution in [1.82, 2.24) is 14.9 Å². The fraction of sp³-hybridized carbons (Fsp3) is 0.424. The number of benzene rings is 2. The lowest BCUT2D eigenvalue weighted by molar-refractivity contribution is -0.134. The summed E-state index contributed by atoms with van der Waals surface area (Å²) in [5, 5.41) is 1.28. The van der Waals surface area contributed by atoms with Gasteiger partial charge in [-0.15, -0.1) is 11.3 Å². The summed E-state index contributed by atoms with van der Waals surface area (Å²) in [5.41, 5.74) is 4.09. The van der Waals surface area contributed by atoms with Crippen LogP contribution in [0, 0.1) is 0 Å². The highest BCUT2D eigenvalue weighted by Gasteiger charge is 2.28. The lowest BCUT2D eigenvalue weighted by Gasteiger charge is -2.37. The first-order valence-corrected chi connectivity index (χ1v) is 15.9. The Hall–Kier alpha value is -3.65. The number of hydrogen-bond donors (Lipinski definition) is 0. The van der Waals surface area contributed by atoms with Crippen molar-refractivity contribution < 1.29 is 9.53 Å². The summed E-state index contributed by atoms with van der Waals surface area (Å²) in [6.07, 6.45) is 8.36. The molecule has 4 aromatic rings. The summed E-state index contributed by atoms with van der Waals surface area (Å²) in [7, 11) is 0. The zero-order chi connectivity index (χ0) is 27.6. The Labute approximate surface area is 245 Å². The number of nitrogens with zero attached hydrogens (tertiary/aromatic N) is 5. The maximum absolute atomic E-state index is 12.5. The minimum Gasteiger partial charge on any atom is -0.484 e. The lowest BCUT2D eigenvalue weighted by atomic mass is 9.83. The summed E-state index contributed by atoms with van der Waals surface area (Å²) in [6, 6.07) is 19.1. The molecule has 2 aliphatic heterocycles. The molecule has 1 amide bonds. The molecular formula is C33H37N5O2S. The fourth-order valence-corrected chi connectivity index (χ4v) is 7.91. The average molecular weight is 568 g/mol. The van der Waals surface area contributed by atoms with Crippen molar-refractivity contribution >= 4 is 39.0 Å². The van der Waals surface area contributed by atoms with Crippen LogP contribution in [-0.2, 0) is 17.6 Å². The van der Waals surface area contributed by atoms with Gasteiger partial charge in [0.2, 0.25) is 0 Å². The van der Waals surface area contributed by atoms with Crippen LogP contribution in [0.2, 0.25) is 0 Å². The van der Waals surface area contributed by atoms with E-state index in [0.29, 0.717) is 5.92 Å². The minimum absolute atomic E-state index is 0.0962. The fourth-order valence-electron chi connectivity index (χ4n) is 6.65. The van der Waals surface area contributed by atoms with Gasteiger partial charge in [-0.25, -0.2) is 9.97 Å². The Bertz CT molecular complexity index is 1490. The SMILES string of the molecule is O=C(COc1ccc(C2CCc3c(sc4ncnc(N5CCN(c6ccccc6)CC5)c34)C2)cc1)N1CCCCC1.